The van der Waals surface area contributed by atoms with E-state index < -0.39 is 12.1 Å². The molecule has 0 radical (unpaired) electrons. The van der Waals surface area contributed by atoms with Gasteiger partial charge in [0.2, 0.25) is 5.91 Å². The van der Waals surface area contributed by atoms with Gasteiger partial charge in [0.05, 0.1) is 25.4 Å². The van der Waals surface area contributed by atoms with E-state index >= 15 is 0 Å². The van der Waals surface area contributed by atoms with Gasteiger partial charge in [-0.1, -0.05) is 385 Å². The zero-order chi connectivity index (χ0) is 59.9. The van der Waals surface area contributed by atoms with Gasteiger partial charge in [0.25, 0.3) is 0 Å². The van der Waals surface area contributed by atoms with E-state index in [9.17, 15) is 19.8 Å². The van der Waals surface area contributed by atoms with Crippen LogP contribution in [-0.2, 0) is 14.3 Å². The van der Waals surface area contributed by atoms with E-state index in [0.29, 0.717) is 25.9 Å². The Morgan fingerprint density at radius 2 is 0.602 bits per heavy atom. The summed E-state index contributed by atoms with van der Waals surface area (Å²) in [5, 5.41) is 23.3. The van der Waals surface area contributed by atoms with Gasteiger partial charge in [-0.2, -0.15) is 0 Å². The fraction of sp³-hybridized carbons (Fsp3) is 0.922. The number of rotatable bonds is 72. The molecule has 0 aliphatic heterocycles. The summed E-state index contributed by atoms with van der Waals surface area (Å²) < 4.78 is 5.50. The maximum Gasteiger partial charge on any atom is 0.305 e. The molecular weight excluding hydrogens is 1020 g/mol. The van der Waals surface area contributed by atoms with Gasteiger partial charge < -0.3 is 20.3 Å². The van der Waals surface area contributed by atoms with Gasteiger partial charge in [-0.15, -0.1) is 0 Å². The average molecular weight is 1170 g/mol. The minimum atomic E-state index is -0.661. The van der Waals surface area contributed by atoms with Crippen molar-refractivity contribution in [3.05, 3.63) is 24.3 Å². The molecular formula is C77H149NO5. The molecule has 6 nitrogen and oxygen atoms in total. The quantitative estimate of drug-likeness (QED) is 0.0320. The number of hydrogen-bond donors (Lipinski definition) is 3. The molecule has 0 aromatic heterocycles. The van der Waals surface area contributed by atoms with E-state index in [4.69, 9.17) is 4.74 Å². The van der Waals surface area contributed by atoms with Gasteiger partial charge in [0, 0.05) is 12.8 Å². The Hall–Kier alpha value is -1.66. The lowest BCUT2D eigenvalue weighted by atomic mass is 10.0. The highest BCUT2D eigenvalue weighted by molar-refractivity contribution is 5.76. The maximum absolute atomic E-state index is 12.5. The largest absolute Gasteiger partial charge is 0.466 e. The minimum absolute atomic E-state index is 0.0225. The van der Waals surface area contributed by atoms with Crippen LogP contribution in [-0.4, -0.2) is 47.4 Å². The van der Waals surface area contributed by atoms with Crippen molar-refractivity contribution in [2.24, 2.45) is 0 Å². The van der Waals surface area contributed by atoms with Crippen LogP contribution in [0.1, 0.15) is 431 Å². The molecule has 0 spiro atoms. The predicted molar refractivity (Wildman–Crippen MR) is 366 cm³/mol. The lowest BCUT2D eigenvalue weighted by molar-refractivity contribution is -0.143. The van der Waals surface area contributed by atoms with E-state index in [0.717, 1.165) is 44.9 Å². The Bertz CT molecular complexity index is 1300. The van der Waals surface area contributed by atoms with E-state index in [1.54, 1.807) is 0 Å². The molecule has 3 N–H and O–H groups in total. The standard InChI is InChI=1S/C77H149NO5/c1-3-5-7-9-11-13-15-17-42-47-51-55-59-63-67-71-77(82)83-72-68-64-60-56-52-48-44-41-39-37-35-33-31-29-27-25-23-21-19-20-22-24-26-28-30-32-34-36-38-40-43-46-50-54-58-62-66-70-76(81)78-74(73-79)75(80)69-65-61-57-53-49-45-18-16-14-12-10-8-6-4-2/h19,21,25,27,74-75,79-80H,3-18,20,22-24,26,28-73H2,1-2H3,(H,78,81)/b21-19-,27-25-. The molecule has 6 heteroatoms. The smallest absolute Gasteiger partial charge is 0.305 e. The highest BCUT2D eigenvalue weighted by atomic mass is 16.5. The summed E-state index contributed by atoms with van der Waals surface area (Å²) in [6.45, 7) is 5.00. The number of allylic oxidation sites excluding steroid dienone is 4. The first kappa shape index (κ1) is 81.3. The third kappa shape index (κ3) is 69.3. The SMILES string of the molecule is CCCCCCCCCCCCCCCCCC(=O)OCCCCCCCCCCCCCCC/C=C\C/C=C\CCCCCCCCCCCCCCCCCCCC(=O)NC(CO)C(O)CCCCCCCCCCCCCCCC. The lowest BCUT2D eigenvalue weighted by Gasteiger charge is -2.22. The normalized spacial score (nSPS) is 12.6. The number of carbonyl (C=O) groups excluding carboxylic acids is 2. The van der Waals surface area contributed by atoms with Crippen molar-refractivity contribution in [2.45, 2.75) is 443 Å². The van der Waals surface area contributed by atoms with Crippen LogP contribution in [0.3, 0.4) is 0 Å². The van der Waals surface area contributed by atoms with Gasteiger partial charge in [0.1, 0.15) is 0 Å². The second-order valence-corrected chi connectivity index (χ2v) is 26.3. The molecule has 2 unspecified atom stereocenters. The van der Waals surface area contributed by atoms with Gasteiger partial charge in [-0.3, -0.25) is 9.59 Å². The average Bonchev–Trinajstić information content (AvgIpc) is 3.49. The Balaban J connectivity index is 3.34. The van der Waals surface area contributed by atoms with Crippen molar-refractivity contribution in [1.29, 1.82) is 0 Å². The highest BCUT2D eigenvalue weighted by Gasteiger charge is 2.20. The third-order valence-electron chi connectivity index (χ3n) is 18.0. The summed E-state index contributed by atoms with van der Waals surface area (Å²) in [5.74, 6) is -0.00687. The van der Waals surface area contributed by atoms with Crippen LogP contribution in [0.2, 0.25) is 0 Å². The van der Waals surface area contributed by atoms with E-state index in [1.165, 1.54) is 353 Å². The monoisotopic (exact) mass is 1170 g/mol. The van der Waals surface area contributed by atoms with Crippen LogP contribution < -0.4 is 5.32 Å². The summed E-state index contributed by atoms with van der Waals surface area (Å²) in [4.78, 5) is 24.6. The first-order valence-corrected chi connectivity index (χ1v) is 38.1. The molecule has 2 atom stereocenters. The van der Waals surface area contributed by atoms with Crippen LogP contribution in [0.5, 0.6) is 0 Å². The molecule has 1 amide bonds. The molecule has 0 aromatic rings. The number of esters is 1. The topological polar surface area (TPSA) is 95.9 Å². The molecule has 0 aliphatic carbocycles. The van der Waals surface area contributed by atoms with Crippen LogP contribution in [0.4, 0.5) is 0 Å². The summed E-state index contributed by atoms with van der Waals surface area (Å²) in [5.41, 5.74) is 0. The summed E-state index contributed by atoms with van der Waals surface area (Å²) >= 11 is 0. The predicted octanol–water partition coefficient (Wildman–Crippen LogP) is 24.9. The molecule has 0 heterocycles. The van der Waals surface area contributed by atoms with E-state index in [-0.39, 0.29) is 18.5 Å². The molecule has 0 aliphatic rings. The van der Waals surface area contributed by atoms with Gasteiger partial charge >= 0.3 is 5.97 Å². The van der Waals surface area contributed by atoms with E-state index in [2.05, 4.69) is 43.5 Å². The number of aliphatic hydroxyl groups is 2. The number of hydrogen-bond acceptors (Lipinski definition) is 5. The molecule has 0 saturated carbocycles. The molecule has 0 fully saturated rings. The van der Waals surface area contributed by atoms with Gasteiger partial charge in [-0.05, 0) is 57.8 Å². The maximum atomic E-state index is 12.5. The summed E-state index contributed by atoms with van der Waals surface area (Å²) in [6.07, 6.45) is 92.6. The van der Waals surface area contributed by atoms with Crippen molar-refractivity contribution >= 4 is 11.9 Å². The first-order valence-electron chi connectivity index (χ1n) is 38.1. The highest BCUT2D eigenvalue weighted by Crippen LogP contribution is 2.20. The molecule has 0 bridgehead atoms. The molecule has 83 heavy (non-hydrogen) atoms. The van der Waals surface area contributed by atoms with Crippen molar-refractivity contribution in [3.63, 3.8) is 0 Å². The van der Waals surface area contributed by atoms with Crippen LogP contribution in [0.25, 0.3) is 0 Å². The minimum Gasteiger partial charge on any atom is -0.466 e. The summed E-state index contributed by atoms with van der Waals surface area (Å²) in [7, 11) is 0. The fourth-order valence-electron chi connectivity index (χ4n) is 12.2. The number of carbonyl (C=O) groups is 2. The molecule has 492 valence electrons. The number of aliphatic hydroxyl groups excluding tert-OH is 2. The Kier molecular flexibility index (Phi) is 71.4. The van der Waals surface area contributed by atoms with Crippen LogP contribution in [0, 0.1) is 0 Å². The Morgan fingerprint density at radius 1 is 0.337 bits per heavy atom. The van der Waals surface area contributed by atoms with Crippen LogP contribution in [0.15, 0.2) is 24.3 Å². The zero-order valence-corrected chi connectivity index (χ0v) is 56.5. The molecule has 0 aromatic carbocycles. The lowest BCUT2D eigenvalue weighted by Crippen LogP contribution is -2.45. The second-order valence-electron chi connectivity index (χ2n) is 26.3. The summed E-state index contributed by atoms with van der Waals surface area (Å²) in [6, 6.07) is -0.539. The Labute approximate surface area is 520 Å². The Morgan fingerprint density at radius 3 is 0.916 bits per heavy atom. The van der Waals surface area contributed by atoms with Crippen molar-refractivity contribution in [1.82, 2.24) is 5.32 Å². The van der Waals surface area contributed by atoms with Gasteiger partial charge in [-0.25, -0.2) is 0 Å². The van der Waals surface area contributed by atoms with Gasteiger partial charge in [0.15, 0.2) is 0 Å². The number of amides is 1. The fourth-order valence-corrected chi connectivity index (χ4v) is 12.2. The van der Waals surface area contributed by atoms with Crippen molar-refractivity contribution < 1.29 is 24.5 Å². The number of nitrogens with one attached hydrogen (secondary N) is 1. The molecule has 0 saturated heterocycles. The van der Waals surface area contributed by atoms with Crippen molar-refractivity contribution in [2.75, 3.05) is 13.2 Å². The number of ether oxygens (including phenoxy) is 1. The van der Waals surface area contributed by atoms with E-state index in [1.807, 2.05) is 0 Å². The second kappa shape index (κ2) is 72.8. The molecule has 0 rings (SSSR count). The number of unbranched alkanes of at least 4 members (excludes halogenated alkanes) is 57. The zero-order valence-electron chi connectivity index (χ0n) is 56.5. The van der Waals surface area contributed by atoms with Crippen molar-refractivity contribution in [3.8, 4) is 0 Å². The first-order chi connectivity index (χ1) is 41.0. The third-order valence-corrected chi connectivity index (χ3v) is 18.0. The van der Waals surface area contributed by atoms with Crippen LogP contribution >= 0.6 is 0 Å².